The first-order valence-corrected chi connectivity index (χ1v) is 7.39. The lowest BCUT2D eigenvalue weighted by Gasteiger charge is -2.00. The molecule has 2 aromatic rings. The summed E-state index contributed by atoms with van der Waals surface area (Å²) >= 11 is 1.78. The van der Waals surface area contributed by atoms with Gasteiger partial charge in [0, 0.05) is 30.6 Å². The smallest absolute Gasteiger partial charge is 0.0936 e. The van der Waals surface area contributed by atoms with Gasteiger partial charge < -0.3 is 10.5 Å². The molecule has 0 aliphatic heterocycles. The summed E-state index contributed by atoms with van der Waals surface area (Å²) in [5.74, 6) is 0. The summed E-state index contributed by atoms with van der Waals surface area (Å²) in [4.78, 5) is 6.07. The Bertz CT molecular complexity index is 496. The Kier molecular flexibility index (Phi) is 5.51. The van der Waals surface area contributed by atoms with Gasteiger partial charge >= 0.3 is 0 Å². The molecule has 1 heterocycles. The first-order valence-electron chi connectivity index (χ1n) is 6.58. The average molecular weight is 276 g/mol. The minimum atomic E-state index is 0.666. The highest BCUT2D eigenvalue weighted by atomic mass is 32.1. The highest BCUT2D eigenvalue weighted by Gasteiger charge is 2.12. The van der Waals surface area contributed by atoms with E-state index in [9.17, 15) is 0 Å². The maximum Gasteiger partial charge on any atom is 0.0936 e. The third-order valence-corrected chi connectivity index (χ3v) is 4.07. The molecule has 2 rings (SSSR count). The van der Waals surface area contributed by atoms with Crippen LogP contribution in [0.2, 0.25) is 0 Å². The molecule has 0 aliphatic carbocycles. The quantitative estimate of drug-likeness (QED) is 0.791. The molecular weight excluding hydrogens is 256 g/mol. The number of nitrogens with two attached hydrogens (primary N) is 1. The highest BCUT2D eigenvalue weighted by Crippen LogP contribution is 2.29. The zero-order valence-corrected chi connectivity index (χ0v) is 12.1. The summed E-state index contributed by atoms with van der Waals surface area (Å²) in [5.41, 5.74) is 7.98. The van der Waals surface area contributed by atoms with E-state index >= 15 is 0 Å². The molecule has 102 valence electrons. The van der Waals surface area contributed by atoms with Crippen molar-refractivity contribution >= 4 is 11.3 Å². The van der Waals surface area contributed by atoms with Gasteiger partial charge in [-0.25, -0.2) is 4.98 Å². The summed E-state index contributed by atoms with van der Waals surface area (Å²) in [6.45, 7) is 1.45. The number of ether oxygens (including phenoxy) is 1. The van der Waals surface area contributed by atoms with E-state index in [1.807, 2.05) is 18.2 Å². The van der Waals surface area contributed by atoms with Crippen LogP contribution in [0.15, 0.2) is 30.3 Å². The second-order valence-electron chi connectivity index (χ2n) is 4.38. The van der Waals surface area contributed by atoms with Crippen LogP contribution in [-0.4, -0.2) is 25.2 Å². The fourth-order valence-electron chi connectivity index (χ4n) is 2.00. The molecule has 0 saturated carbocycles. The largest absolute Gasteiger partial charge is 0.385 e. The normalized spacial score (nSPS) is 10.8. The number of aromatic nitrogens is 1. The van der Waals surface area contributed by atoms with Crippen LogP contribution < -0.4 is 5.73 Å². The highest BCUT2D eigenvalue weighted by molar-refractivity contribution is 7.12. The maximum absolute atomic E-state index is 5.70. The minimum Gasteiger partial charge on any atom is -0.385 e. The summed E-state index contributed by atoms with van der Waals surface area (Å²) in [5, 5.41) is 1.18. The van der Waals surface area contributed by atoms with Crippen LogP contribution in [0, 0.1) is 0 Å². The van der Waals surface area contributed by atoms with Gasteiger partial charge in [-0.2, -0.15) is 0 Å². The Labute approximate surface area is 118 Å². The maximum atomic E-state index is 5.70. The van der Waals surface area contributed by atoms with Gasteiger partial charge in [0.05, 0.1) is 10.7 Å². The van der Waals surface area contributed by atoms with Crippen molar-refractivity contribution in [2.24, 2.45) is 5.73 Å². The van der Waals surface area contributed by atoms with E-state index in [2.05, 4.69) is 12.1 Å². The van der Waals surface area contributed by atoms with Gasteiger partial charge in [-0.3, -0.25) is 0 Å². The second-order valence-corrected chi connectivity index (χ2v) is 5.55. The molecule has 0 radical (unpaired) electrons. The van der Waals surface area contributed by atoms with E-state index in [-0.39, 0.29) is 0 Å². The van der Waals surface area contributed by atoms with Gasteiger partial charge in [-0.05, 0) is 19.4 Å². The summed E-state index contributed by atoms with van der Waals surface area (Å²) in [6.07, 6.45) is 2.88. The van der Waals surface area contributed by atoms with Crippen LogP contribution in [0.1, 0.15) is 16.3 Å². The molecule has 0 amide bonds. The number of aryl methyl sites for hydroxylation is 1. The standard InChI is InChI=1S/C15H20N2OS/c1-18-11-5-8-14-17-15(13(19-14)9-10-16)12-6-3-2-4-7-12/h2-4,6-7H,5,8-11,16H2,1H3. The summed E-state index contributed by atoms with van der Waals surface area (Å²) in [7, 11) is 1.73. The van der Waals surface area contributed by atoms with Gasteiger partial charge in [0.2, 0.25) is 0 Å². The Morgan fingerprint density at radius 1 is 1.21 bits per heavy atom. The van der Waals surface area contributed by atoms with Gasteiger partial charge in [-0.1, -0.05) is 30.3 Å². The lowest BCUT2D eigenvalue weighted by molar-refractivity contribution is 0.195. The predicted octanol–water partition coefficient (Wildman–Crippen LogP) is 2.89. The second kappa shape index (κ2) is 7.38. The number of hydrogen-bond acceptors (Lipinski definition) is 4. The van der Waals surface area contributed by atoms with E-state index in [0.29, 0.717) is 6.54 Å². The summed E-state index contributed by atoms with van der Waals surface area (Å²) in [6, 6.07) is 10.3. The molecule has 0 aliphatic rings. The van der Waals surface area contributed by atoms with Crippen LogP contribution in [0.5, 0.6) is 0 Å². The Hall–Kier alpha value is -1.23. The zero-order valence-electron chi connectivity index (χ0n) is 11.3. The van der Waals surface area contributed by atoms with Crippen molar-refractivity contribution < 1.29 is 4.74 Å². The van der Waals surface area contributed by atoms with Gasteiger partial charge in [0.15, 0.2) is 0 Å². The lowest BCUT2D eigenvalue weighted by atomic mass is 10.1. The molecule has 3 nitrogen and oxygen atoms in total. The Morgan fingerprint density at radius 3 is 2.68 bits per heavy atom. The Balaban J connectivity index is 2.21. The minimum absolute atomic E-state index is 0.666. The van der Waals surface area contributed by atoms with Crippen molar-refractivity contribution in [1.82, 2.24) is 4.98 Å². The molecule has 0 unspecified atom stereocenters. The molecule has 2 N–H and O–H groups in total. The molecule has 1 aromatic carbocycles. The molecule has 4 heteroatoms. The van der Waals surface area contributed by atoms with Crippen molar-refractivity contribution in [2.45, 2.75) is 19.3 Å². The number of hydrogen-bond donors (Lipinski definition) is 1. The van der Waals surface area contributed by atoms with Gasteiger partial charge in [0.1, 0.15) is 0 Å². The van der Waals surface area contributed by atoms with E-state index in [4.69, 9.17) is 15.5 Å². The molecule has 1 aromatic heterocycles. The molecule has 0 fully saturated rings. The first kappa shape index (κ1) is 14.2. The van der Waals surface area contributed by atoms with Crippen LogP contribution >= 0.6 is 11.3 Å². The Morgan fingerprint density at radius 2 is 2.00 bits per heavy atom. The number of rotatable bonds is 7. The first-order chi connectivity index (χ1) is 9.35. The predicted molar refractivity (Wildman–Crippen MR) is 80.5 cm³/mol. The summed E-state index contributed by atoms with van der Waals surface area (Å²) < 4.78 is 5.09. The van der Waals surface area contributed by atoms with Gasteiger partial charge in [-0.15, -0.1) is 11.3 Å². The molecule has 0 atom stereocenters. The average Bonchev–Trinajstić information content (AvgIpc) is 2.84. The zero-order chi connectivity index (χ0) is 13.5. The number of thiazole rings is 1. The molecule has 19 heavy (non-hydrogen) atoms. The topological polar surface area (TPSA) is 48.1 Å². The fourth-order valence-corrected chi connectivity index (χ4v) is 3.15. The van der Waals surface area contributed by atoms with Crippen LogP contribution in [0.3, 0.4) is 0 Å². The molecular formula is C15H20N2OS. The molecule has 0 bridgehead atoms. The third-order valence-electron chi connectivity index (χ3n) is 2.90. The third kappa shape index (κ3) is 3.86. The number of nitrogens with zero attached hydrogens (tertiary/aromatic N) is 1. The van der Waals surface area contributed by atoms with Gasteiger partial charge in [0.25, 0.3) is 0 Å². The van der Waals surface area contributed by atoms with Crippen molar-refractivity contribution in [1.29, 1.82) is 0 Å². The number of benzene rings is 1. The van der Waals surface area contributed by atoms with E-state index in [0.717, 1.165) is 31.6 Å². The SMILES string of the molecule is COCCCc1nc(-c2ccccc2)c(CCN)s1. The van der Waals surface area contributed by atoms with Crippen LogP contribution in [-0.2, 0) is 17.6 Å². The van der Waals surface area contributed by atoms with E-state index in [1.54, 1.807) is 18.4 Å². The van der Waals surface area contributed by atoms with E-state index < -0.39 is 0 Å². The monoisotopic (exact) mass is 276 g/mol. The number of methoxy groups -OCH3 is 1. The van der Waals surface area contributed by atoms with Crippen molar-refractivity contribution in [3.63, 3.8) is 0 Å². The molecule has 0 saturated heterocycles. The lowest BCUT2D eigenvalue weighted by Crippen LogP contribution is -2.02. The van der Waals surface area contributed by atoms with Crippen LogP contribution in [0.25, 0.3) is 11.3 Å². The van der Waals surface area contributed by atoms with E-state index in [1.165, 1.54) is 15.4 Å². The van der Waals surface area contributed by atoms with Crippen molar-refractivity contribution in [3.05, 3.63) is 40.2 Å². The van der Waals surface area contributed by atoms with Crippen molar-refractivity contribution in [3.8, 4) is 11.3 Å². The molecule has 0 spiro atoms. The van der Waals surface area contributed by atoms with Crippen LogP contribution in [0.4, 0.5) is 0 Å². The fraction of sp³-hybridized carbons (Fsp3) is 0.400. The van der Waals surface area contributed by atoms with Crippen molar-refractivity contribution in [2.75, 3.05) is 20.3 Å².